The molecule has 294 valence electrons. The number of carbonyl (C=O) groups is 4. The van der Waals surface area contributed by atoms with Crippen molar-refractivity contribution in [3.63, 3.8) is 0 Å². The fourth-order valence-corrected chi connectivity index (χ4v) is 7.30. The van der Waals surface area contributed by atoms with Crippen molar-refractivity contribution < 1.29 is 52.3 Å². The fourth-order valence-electron chi connectivity index (χ4n) is 7.30. The van der Waals surface area contributed by atoms with Crippen LogP contribution >= 0.6 is 0 Å². The minimum Gasteiger partial charge on any atom is -0.487 e. The van der Waals surface area contributed by atoms with Crippen molar-refractivity contribution in [2.75, 3.05) is 6.61 Å². The Morgan fingerprint density at radius 2 is 1.33 bits per heavy atom. The van der Waals surface area contributed by atoms with Crippen LogP contribution in [0.1, 0.15) is 138 Å². The topological polar surface area (TPSA) is 133 Å². The summed E-state index contributed by atoms with van der Waals surface area (Å²) in [4.78, 5) is 48.2. The third-order valence-electron chi connectivity index (χ3n) is 10.1. The highest BCUT2D eigenvalue weighted by atomic mass is 16.7. The third-order valence-corrected chi connectivity index (χ3v) is 10.1. The van der Waals surface area contributed by atoms with E-state index in [0.717, 1.165) is 54.4 Å². The largest absolute Gasteiger partial charge is 0.487 e. The number of aryl methyl sites for hydroxylation is 2. The SMILES string of the molecule is CC(=O)OC[C@H]1O[C@@H](Oc2cc(C)c3c(c2)CC[C@](C)(CCC[C@@H](C)CCC[C@@H](C)CCCC(C)C)O3)[C@H](OC(C)=O)[C@@H](OC(C)=O)[C@@H]1OC(C)=O. The number of benzene rings is 1. The lowest BCUT2D eigenvalue weighted by atomic mass is 9.85. The lowest BCUT2D eigenvalue weighted by Gasteiger charge is -2.44. The Morgan fingerprint density at radius 3 is 1.90 bits per heavy atom. The predicted octanol–water partition coefficient (Wildman–Crippen LogP) is 7.98. The number of rotatable bonds is 19. The van der Waals surface area contributed by atoms with Gasteiger partial charge in [0.05, 0.1) is 0 Å². The lowest BCUT2D eigenvalue weighted by molar-refractivity contribution is -0.288. The van der Waals surface area contributed by atoms with Gasteiger partial charge in [-0.05, 0) is 80.5 Å². The highest BCUT2D eigenvalue weighted by molar-refractivity contribution is 5.68. The monoisotopic (exact) mass is 732 g/mol. The Balaban J connectivity index is 1.67. The van der Waals surface area contributed by atoms with E-state index in [4.69, 9.17) is 33.2 Å². The summed E-state index contributed by atoms with van der Waals surface area (Å²) in [5, 5.41) is 0. The normalized spacial score (nSPS) is 25.2. The minimum atomic E-state index is -1.31. The van der Waals surface area contributed by atoms with Gasteiger partial charge < -0.3 is 33.2 Å². The highest BCUT2D eigenvalue weighted by Crippen LogP contribution is 2.41. The van der Waals surface area contributed by atoms with Crippen LogP contribution in [-0.4, -0.2) is 66.8 Å². The van der Waals surface area contributed by atoms with E-state index < -0.39 is 54.6 Å². The first-order valence-corrected chi connectivity index (χ1v) is 19.3. The van der Waals surface area contributed by atoms with Crippen LogP contribution in [0.5, 0.6) is 11.5 Å². The molecule has 2 heterocycles. The van der Waals surface area contributed by atoms with E-state index in [0.29, 0.717) is 11.7 Å². The van der Waals surface area contributed by atoms with Crippen LogP contribution in [0.2, 0.25) is 0 Å². The van der Waals surface area contributed by atoms with Crippen molar-refractivity contribution >= 4 is 23.9 Å². The van der Waals surface area contributed by atoms with Gasteiger partial charge in [-0.1, -0.05) is 72.6 Å². The molecule has 8 atom stereocenters. The van der Waals surface area contributed by atoms with Gasteiger partial charge in [0.15, 0.2) is 12.2 Å². The van der Waals surface area contributed by atoms with Crippen LogP contribution in [0, 0.1) is 24.7 Å². The van der Waals surface area contributed by atoms with Crippen LogP contribution in [0.3, 0.4) is 0 Å². The van der Waals surface area contributed by atoms with Crippen molar-refractivity contribution in [2.24, 2.45) is 17.8 Å². The molecular weight excluding hydrogens is 668 g/mol. The Morgan fingerprint density at radius 1 is 0.769 bits per heavy atom. The molecule has 0 aromatic heterocycles. The van der Waals surface area contributed by atoms with Crippen LogP contribution in [0.4, 0.5) is 0 Å². The Kier molecular flexibility index (Phi) is 16.7. The molecule has 0 aliphatic carbocycles. The van der Waals surface area contributed by atoms with Gasteiger partial charge >= 0.3 is 23.9 Å². The second-order valence-electron chi connectivity index (χ2n) is 15.8. The molecule has 1 fully saturated rings. The molecule has 1 aromatic rings. The summed E-state index contributed by atoms with van der Waals surface area (Å²) >= 11 is 0. The third kappa shape index (κ3) is 13.9. The summed E-state index contributed by atoms with van der Waals surface area (Å²) in [6, 6.07) is 3.70. The zero-order valence-electron chi connectivity index (χ0n) is 33.2. The average Bonchev–Trinajstić information content (AvgIpc) is 3.02. The number of hydrogen-bond donors (Lipinski definition) is 0. The first-order valence-electron chi connectivity index (χ1n) is 19.3. The molecular formula is C41H64O11. The first kappa shape index (κ1) is 43.1. The molecule has 0 radical (unpaired) electrons. The van der Waals surface area contributed by atoms with Gasteiger partial charge in [-0.2, -0.15) is 0 Å². The maximum atomic E-state index is 12.2. The van der Waals surface area contributed by atoms with Crippen molar-refractivity contribution in [3.8, 4) is 11.5 Å². The molecule has 3 rings (SSSR count). The molecule has 0 bridgehead atoms. The van der Waals surface area contributed by atoms with Crippen molar-refractivity contribution in [1.29, 1.82) is 0 Å². The number of carbonyl (C=O) groups excluding carboxylic acids is 4. The van der Waals surface area contributed by atoms with Crippen LogP contribution in [0.25, 0.3) is 0 Å². The molecule has 11 nitrogen and oxygen atoms in total. The summed E-state index contributed by atoms with van der Waals surface area (Å²) in [5.74, 6) is 0.873. The molecule has 0 spiro atoms. The highest BCUT2D eigenvalue weighted by Gasteiger charge is 2.53. The smallest absolute Gasteiger partial charge is 0.303 e. The van der Waals surface area contributed by atoms with E-state index in [1.807, 2.05) is 19.1 Å². The fraction of sp³-hybridized carbons (Fsp3) is 0.756. The number of ether oxygens (including phenoxy) is 7. The number of fused-ring (bicyclic) bond motifs is 1. The summed E-state index contributed by atoms with van der Waals surface area (Å²) in [6.07, 6.45) is 6.54. The van der Waals surface area contributed by atoms with Crippen LogP contribution < -0.4 is 9.47 Å². The standard InChI is InChI=1S/C41H64O11/c1-25(2)14-11-15-26(3)16-12-17-27(4)18-13-20-41(10)21-19-33-23-34(22-28(5)36(33)52-41)50-40-39(49-32(9)45)38(48-31(8)44)37(47-30(7)43)35(51-40)24-46-29(6)42/h22-23,25-27,35,37-40H,11-21,24H2,1-10H3/t26-,27-,35+,37+,38-,39+,40+,41-/m0/s1. The second-order valence-corrected chi connectivity index (χ2v) is 15.8. The van der Waals surface area contributed by atoms with Gasteiger partial charge in [0.2, 0.25) is 12.4 Å². The van der Waals surface area contributed by atoms with Gasteiger partial charge in [-0.3, -0.25) is 19.2 Å². The molecule has 1 aromatic carbocycles. The molecule has 0 N–H and O–H groups in total. The average molecular weight is 733 g/mol. The van der Waals surface area contributed by atoms with E-state index in [2.05, 4.69) is 34.6 Å². The predicted molar refractivity (Wildman–Crippen MR) is 196 cm³/mol. The Labute approximate surface area is 311 Å². The summed E-state index contributed by atoms with van der Waals surface area (Å²) in [5.41, 5.74) is 1.58. The van der Waals surface area contributed by atoms with Gasteiger partial charge in [-0.15, -0.1) is 0 Å². The van der Waals surface area contributed by atoms with E-state index in [1.165, 1.54) is 72.6 Å². The molecule has 0 saturated carbocycles. The van der Waals surface area contributed by atoms with E-state index in [1.54, 1.807) is 0 Å². The molecule has 0 amide bonds. The van der Waals surface area contributed by atoms with Crippen molar-refractivity contribution in [2.45, 2.75) is 176 Å². The Hall–Kier alpha value is -3.34. The molecule has 0 unspecified atom stereocenters. The first-order chi connectivity index (χ1) is 24.5. The van der Waals surface area contributed by atoms with E-state index in [9.17, 15) is 19.2 Å². The maximum absolute atomic E-state index is 12.2. The summed E-state index contributed by atoms with van der Waals surface area (Å²) in [6.45, 7) is 18.0. The molecule has 2 aliphatic rings. The molecule has 2 aliphatic heterocycles. The van der Waals surface area contributed by atoms with Crippen molar-refractivity contribution in [3.05, 3.63) is 23.3 Å². The minimum absolute atomic E-state index is 0.273. The van der Waals surface area contributed by atoms with Gasteiger partial charge in [0.1, 0.15) is 29.8 Å². The van der Waals surface area contributed by atoms with E-state index >= 15 is 0 Å². The van der Waals surface area contributed by atoms with E-state index in [-0.39, 0.29) is 12.2 Å². The summed E-state index contributed by atoms with van der Waals surface area (Å²) in [7, 11) is 0. The Bertz CT molecular complexity index is 1340. The summed E-state index contributed by atoms with van der Waals surface area (Å²) < 4.78 is 40.9. The molecule has 1 saturated heterocycles. The van der Waals surface area contributed by atoms with Gasteiger partial charge in [0, 0.05) is 27.7 Å². The van der Waals surface area contributed by atoms with Gasteiger partial charge in [-0.25, -0.2) is 0 Å². The molecule has 11 heteroatoms. The number of esters is 4. The quantitative estimate of drug-likeness (QED) is 0.101. The van der Waals surface area contributed by atoms with Crippen molar-refractivity contribution in [1.82, 2.24) is 0 Å². The second kappa shape index (κ2) is 20.2. The van der Waals surface area contributed by atoms with Crippen LogP contribution in [0.15, 0.2) is 12.1 Å². The maximum Gasteiger partial charge on any atom is 0.303 e. The van der Waals surface area contributed by atoms with Crippen LogP contribution in [-0.2, 0) is 49.3 Å². The zero-order chi connectivity index (χ0) is 38.6. The zero-order valence-corrected chi connectivity index (χ0v) is 33.2. The number of hydrogen-bond acceptors (Lipinski definition) is 11. The molecule has 52 heavy (non-hydrogen) atoms. The van der Waals surface area contributed by atoms with Gasteiger partial charge in [0.25, 0.3) is 0 Å². The lowest BCUT2D eigenvalue weighted by Crippen LogP contribution is -2.63.